The minimum atomic E-state index is -0.491. The molecule has 62 heavy (non-hydrogen) atoms. The minimum Gasteiger partial charge on any atom is -0.309 e. The van der Waals surface area contributed by atoms with Crippen LogP contribution in [0.4, 0.5) is 17.1 Å². The Morgan fingerprint density at radius 1 is 0.290 bits per heavy atom. The molecule has 0 aliphatic heterocycles. The second kappa shape index (κ2) is 14.6. The monoisotopic (exact) mass is 787 g/mol. The summed E-state index contributed by atoms with van der Waals surface area (Å²) in [6.45, 7) is 0. The SMILES string of the molecule is c1ccc(-c2cccc(N(c3ccc(C4(c5ccccc5)c5ccccc5-c5ccccc54)cc3)c3c(-c4cccc5ccccc45)c4ccccc4c4ccccc34)c2)cc1. The van der Waals surface area contributed by atoms with Crippen LogP contribution in [0.3, 0.4) is 0 Å². The molecular formula is C61H41N. The van der Waals surface area contributed by atoms with Gasteiger partial charge < -0.3 is 4.90 Å². The van der Waals surface area contributed by atoms with Crippen molar-refractivity contribution in [1.29, 1.82) is 0 Å². The van der Waals surface area contributed by atoms with Crippen molar-refractivity contribution in [2.45, 2.75) is 5.41 Å². The number of nitrogens with zero attached hydrogens (tertiary/aromatic N) is 1. The summed E-state index contributed by atoms with van der Waals surface area (Å²) in [5, 5.41) is 7.34. The summed E-state index contributed by atoms with van der Waals surface area (Å²) < 4.78 is 0. The number of hydrogen-bond acceptors (Lipinski definition) is 1. The number of anilines is 3. The molecule has 290 valence electrons. The molecule has 0 spiro atoms. The molecular weight excluding hydrogens is 747 g/mol. The third-order valence-corrected chi connectivity index (χ3v) is 13.1. The van der Waals surface area contributed by atoms with Gasteiger partial charge in [0.05, 0.1) is 11.1 Å². The molecule has 1 nitrogen and oxygen atoms in total. The Labute approximate surface area is 362 Å². The van der Waals surface area contributed by atoms with Gasteiger partial charge in [-0.3, -0.25) is 0 Å². The normalized spacial score (nSPS) is 12.6. The van der Waals surface area contributed by atoms with E-state index >= 15 is 0 Å². The number of fused-ring (bicyclic) bond motifs is 7. The average molecular weight is 788 g/mol. The zero-order valence-corrected chi connectivity index (χ0v) is 34.1. The van der Waals surface area contributed by atoms with Crippen molar-refractivity contribution in [2.75, 3.05) is 4.90 Å². The highest BCUT2D eigenvalue weighted by Crippen LogP contribution is 2.57. The molecule has 11 aromatic rings. The fourth-order valence-corrected chi connectivity index (χ4v) is 10.5. The molecule has 0 amide bonds. The van der Waals surface area contributed by atoms with E-state index in [1.807, 2.05) is 0 Å². The van der Waals surface area contributed by atoms with Crippen molar-refractivity contribution in [3.8, 4) is 33.4 Å². The number of rotatable bonds is 7. The molecule has 0 bridgehead atoms. The Balaban J connectivity index is 1.17. The third-order valence-electron chi connectivity index (χ3n) is 13.1. The van der Waals surface area contributed by atoms with Gasteiger partial charge in [-0.05, 0) is 101 Å². The van der Waals surface area contributed by atoms with E-state index in [2.05, 4.69) is 254 Å². The van der Waals surface area contributed by atoms with E-state index in [0.29, 0.717) is 0 Å². The van der Waals surface area contributed by atoms with Crippen LogP contribution in [0.5, 0.6) is 0 Å². The van der Waals surface area contributed by atoms with E-state index in [0.717, 1.165) is 17.1 Å². The molecule has 0 N–H and O–H groups in total. The molecule has 0 saturated carbocycles. The van der Waals surface area contributed by atoms with Gasteiger partial charge in [-0.15, -0.1) is 0 Å². The standard InChI is InChI=1S/C61H41N/c1-3-19-42(20-4-1)44-23-17-26-48(41-44)62(60-56-33-12-10-29-51(56)50-28-9-11-32-55(50)59(60)54-34-18-22-43-21-7-8-27-49(43)54)47-39-37-46(38-40-47)61(45-24-5-2-6-25-45)57-35-15-13-30-52(57)53-31-14-16-36-58(53)61/h1-41H. The molecule has 0 heterocycles. The highest BCUT2D eigenvalue weighted by atomic mass is 15.1. The van der Waals surface area contributed by atoms with Gasteiger partial charge in [0, 0.05) is 22.3 Å². The third kappa shape index (κ3) is 5.49. The summed E-state index contributed by atoms with van der Waals surface area (Å²) in [7, 11) is 0. The lowest BCUT2D eigenvalue weighted by molar-refractivity contribution is 0.768. The van der Waals surface area contributed by atoms with Gasteiger partial charge >= 0.3 is 0 Å². The van der Waals surface area contributed by atoms with Crippen molar-refractivity contribution < 1.29 is 0 Å². The van der Waals surface area contributed by atoms with Gasteiger partial charge in [-0.2, -0.15) is 0 Å². The van der Waals surface area contributed by atoms with Crippen molar-refractivity contribution in [3.63, 3.8) is 0 Å². The van der Waals surface area contributed by atoms with Gasteiger partial charge in [0.1, 0.15) is 0 Å². The van der Waals surface area contributed by atoms with Gasteiger partial charge in [0.15, 0.2) is 0 Å². The maximum atomic E-state index is 2.52. The first kappa shape index (κ1) is 35.9. The molecule has 0 radical (unpaired) electrons. The molecule has 1 aliphatic carbocycles. The van der Waals surface area contributed by atoms with Crippen LogP contribution in [0.15, 0.2) is 249 Å². The molecule has 1 aliphatic rings. The topological polar surface area (TPSA) is 3.24 Å². The maximum absolute atomic E-state index is 2.52. The van der Waals surface area contributed by atoms with Crippen LogP contribution < -0.4 is 4.90 Å². The van der Waals surface area contributed by atoms with E-state index in [1.165, 1.54) is 88.0 Å². The average Bonchev–Trinajstić information content (AvgIpc) is 3.66. The van der Waals surface area contributed by atoms with Crippen molar-refractivity contribution in [2.24, 2.45) is 0 Å². The lowest BCUT2D eigenvalue weighted by atomic mass is 9.67. The number of hydrogen-bond donors (Lipinski definition) is 0. The predicted molar refractivity (Wildman–Crippen MR) is 262 cm³/mol. The summed E-state index contributed by atoms with van der Waals surface area (Å²) in [4.78, 5) is 2.52. The first-order valence-electron chi connectivity index (χ1n) is 21.5. The minimum absolute atomic E-state index is 0.491. The second-order valence-corrected chi connectivity index (χ2v) is 16.3. The smallest absolute Gasteiger partial charge is 0.0713 e. The Morgan fingerprint density at radius 2 is 0.774 bits per heavy atom. The highest BCUT2D eigenvalue weighted by molar-refractivity contribution is 6.24. The van der Waals surface area contributed by atoms with Crippen LogP contribution in [0.2, 0.25) is 0 Å². The maximum Gasteiger partial charge on any atom is 0.0713 e. The van der Waals surface area contributed by atoms with Gasteiger partial charge in [-0.25, -0.2) is 0 Å². The fraction of sp³-hybridized carbons (Fsp3) is 0.0164. The summed E-state index contributed by atoms with van der Waals surface area (Å²) >= 11 is 0. The van der Waals surface area contributed by atoms with Crippen LogP contribution in [0.1, 0.15) is 22.3 Å². The van der Waals surface area contributed by atoms with Crippen molar-refractivity contribution >= 4 is 49.4 Å². The predicted octanol–water partition coefficient (Wildman–Crippen LogP) is 16.3. The first-order chi connectivity index (χ1) is 30.8. The van der Waals surface area contributed by atoms with E-state index in [-0.39, 0.29) is 0 Å². The van der Waals surface area contributed by atoms with Crippen LogP contribution in [0.25, 0.3) is 65.7 Å². The molecule has 12 rings (SSSR count). The first-order valence-corrected chi connectivity index (χ1v) is 21.5. The van der Waals surface area contributed by atoms with Gasteiger partial charge in [-0.1, -0.05) is 224 Å². The summed E-state index contributed by atoms with van der Waals surface area (Å²) in [5.41, 5.74) is 15.3. The van der Waals surface area contributed by atoms with Crippen molar-refractivity contribution in [1.82, 2.24) is 0 Å². The molecule has 0 fully saturated rings. The summed E-state index contributed by atoms with van der Waals surface area (Å²) in [6, 6.07) is 91.7. The highest BCUT2D eigenvalue weighted by Gasteiger charge is 2.45. The Kier molecular flexibility index (Phi) is 8.47. The molecule has 0 saturated heterocycles. The van der Waals surface area contributed by atoms with Gasteiger partial charge in [0.25, 0.3) is 0 Å². The number of benzene rings is 11. The van der Waals surface area contributed by atoms with E-state index in [1.54, 1.807) is 0 Å². The fourth-order valence-electron chi connectivity index (χ4n) is 10.5. The largest absolute Gasteiger partial charge is 0.309 e. The molecule has 11 aromatic carbocycles. The Morgan fingerprint density at radius 3 is 1.48 bits per heavy atom. The van der Waals surface area contributed by atoms with Crippen LogP contribution in [0, 0.1) is 0 Å². The van der Waals surface area contributed by atoms with E-state index in [4.69, 9.17) is 0 Å². The van der Waals surface area contributed by atoms with Crippen LogP contribution in [-0.2, 0) is 5.41 Å². The van der Waals surface area contributed by atoms with Crippen LogP contribution in [-0.4, -0.2) is 0 Å². The molecule has 0 unspecified atom stereocenters. The quantitative estimate of drug-likeness (QED) is 0.145. The van der Waals surface area contributed by atoms with Crippen LogP contribution >= 0.6 is 0 Å². The Hall–Kier alpha value is -8.00. The summed E-state index contributed by atoms with van der Waals surface area (Å²) in [5.74, 6) is 0. The summed E-state index contributed by atoms with van der Waals surface area (Å²) in [6.07, 6.45) is 0. The Bertz CT molecular complexity index is 3410. The molecule has 0 atom stereocenters. The molecule has 1 heteroatoms. The van der Waals surface area contributed by atoms with Gasteiger partial charge in [0.2, 0.25) is 0 Å². The zero-order valence-electron chi connectivity index (χ0n) is 34.1. The second-order valence-electron chi connectivity index (χ2n) is 16.3. The molecule has 0 aromatic heterocycles. The zero-order chi connectivity index (χ0) is 41.0. The lowest BCUT2D eigenvalue weighted by Crippen LogP contribution is -2.28. The van der Waals surface area contributed by atoms with E-state index < -0.39 is 5.41 Å². The van der Waals surface area contributed by atoms with E-state index in [9.17, 15) is 0 Å². The van der Waals surface area contributed by atoms with Crippen molar-refractivity contribution in [3.05, 3.63) is 271 Å². The lowest BCUT2D eigenvalue weighted by Gasteiger charge is -2.35.